The predicted octanol–water partition coefficient (Wildman–Crippen LogP) is 2.53. The topological polar surface area (TPSA) is 62.2 Å². The summed E-state index contributed by atoms with van der Waals surface area (Å²) in [5, 5.41) is 12.4. The number of amides is 1. The van der Waals surface area contributed by atoms with Gasteiger partial charge in [-0.05, 0) is 42.5 Å². The Morgan fingerprint density at radius 1 is 1.25 bits per heavy atom. The number of aliphatic hydroxyl groups is 1. The number of aromatic nitrogens is 1. The fourth-order valence-electron chi connectivity index (χ4n) is 3.02. The van der Waals surface area contributed by atoms with Crippen LogP contribution < -0.4 is 5.32 Å². The maximum Gasteiger partial charge on any atom is 0.224 e. The van der Waals surface area contributed by atoms with Crippen LogP contribution in [-0.2, 0) is 11.2 Å². The number of nitrogens with one attached hydrogen (secondary N) is 1. The molecule has 0 saturated heterocycles. The molecule has 0 bridgehead atoms. The van der Waals surface area contributed by atoms with E-state index in [1.165, 1.54) is 12.1 Å². The van der Waals surface area contributed by atoms with Crippen LogP contribution in [0.5, 0.6) is 0 Å². The highest BCUT2D eigenvalue weighted by Crippen LogP contribution is 2.39. The van der Waals surface area contributed by atoms with Crippen LogP contribution in [0.4, 0.5) is 8.78 Å². The number of hydrogen-bond donors (Lipinski definition) is 2. The lowest BCUT2D eigenvalue weighted by Crippen LogP contribution is -2.42. The van der Waals surface area contributed by atoms with E-state index < -0.39 is 23.8 Å². The van der Waals surface area contributed by atoms with Gasteiger partial charge in [0, 0.05) is 24.0 Å². The Balaban J connectivity index is 1.76. The molecule has 0 spiro atoms. The maximum absolute atomic E-state index is 14.1. The van der Waals surface area contributed by atoms with Crippen molar-refractivity contribution < 1.29 is 18.7 Å². The van der Waals surface area contributed by atoms with Gasteiger partial charge in [0.05, 0.1) is 18.6 Å². The molecule has 0 radical (unpaired) electrons. The van der Waals surface area contributed by atoms with E-state index in [2.05, 4.69) is 10.3 Å². The Kier molecular flexibility index (Phi) is 4.85. The molecule has 1 heterocycles. The quantitative estimate of drug-likeness (QED) is 0.884. The number of carbonyl (C=O) groups is 1. The molecule has 3 rings (SSSR count). The number of rotatable bonds is 5. The smallest absolute Gasteiger partial charge is 0.224 e. The first kappa shape index (κ1) is 16.5. The van der Waals surface area contributed by atoms with Gasteiger partial charge in [-0.25, -0.2) is 8.78 Å². The highest BCUT2D eigenvalue weighted by molar-refractivity contribution is 5.79. The summed E-state index contributed by atoms with van der Waals surface area (Å²) in [5.74, 6) is -1.67. The number of aliphatic hydroxyl groups excluding tert-OH is 1. The van der Waals surface area contributed by atoms with E-state index in [0.29, 0.717) is 12.8 Å². The molecule has 126 valence electrons. The van der Waals surface area contributed by atoms with Gasteiger partial charge in [-0.3, -0.25) is 9.78 Å². The van der Waals surface area contributed by atoms with Crippen LogP contribution in [0.2, 0.25) is 0 Å². The van der Waals surface area contributed by atoms with Crippen LogP contribution in [0.3, 0.4) is 0 Å². The molecule has 6 heteroatoms. The highest BCUT2D eigenvalue weighted by Gasteiger charge is 2.36. The van der Waals surface area contributed by atoms with Crippen LogP contribution in [0.25, 0.3) is 0 Å². The SMILES string of the molecule is O=C(Cc1ccncc1)N[C@H](c1ccc(F)cc1F)C1CC(O)C1. The third kappa shape index (κ3) is 3.76. The lowest BCUT2D eigenvalue weighted by Gasteiger charge is -2.38. The van der Waals surface area contributed by atoms with Crippen LogP contribution in [0.15, 0.2) is 42.7 Å². The van der Waals surface area contributed by atoms with Crippen molar-refractivity contribution in [2.24, 2.45) is 5.92 Å². The minimum Gasteiger partial charge on any atom is -0.393 e. The van der Waals surface area contributed by atoms with E-state index in [1.54, 1.807) is 24.5 Å². The lowest BCUT2D eigenvalue weighted by atomic mass is 9.75. The van der Waals surface area contributed by atoms with Crippen molar-refractivity contribution in [3.63, 3.8) is 0 Å². The van der Waals surface area contributed by atoms with Crippen molar-refractivity contribution in [3.05, 3.63) is 65.5 Å². The van der Waals surface area contributed by atoms with E-state index >= 15 is 0 Å². The second-order valence-electron chi connectivity index (χ2n) is 6.13. The number of hydrogen-bond acceptors (Lipinski definition) is 3. The summed E-state index contributed by atoms with van der Waals surface area (Å²) in [6.07, 6.45) is 3.88. The standard InChI is InChI=1S/C18H18F2N2O2/c19-13-1-2-15(16(20)10-13)18(12-8-14(23)9-12)22-17(24)7-11-3-5-21-6-4-11/h1-6,10,12,14,18,23H,7-9H2,(H,22,24)/t12?,14?,18-/m0/s1. The zero-order chi connectivity index (χ0) is 17.1. The largest absolute Gasteiger partial charge is 0.393 e. The molecule has 0 aliphatic heterocycles. The average molecular weight is 332 g/mol. The zero-order valence-corrected chi connectivity index (χ0v) is 13.0. The van der Waals surface area contributed by atoms with Gasteiger partial charge < -0.3 is 10.4 Å². The van der Waals surface area contributed by atoms with Crippen molar-refractivity contribution in [1.29, 1.82) is 0 Å². The first-order valence-electron chi connectivity index (χ1n) is 7.84. The number of nitrogens with zero attached hydrogens (tertiary/aromatic N) is 1. The molecule has 1 amide bonds. The first-order chi connectivity index (χ1) is 11.5. The monoisotopic (exact) mass is 332 g/mol. The molecule has 1 atom stereocenters. The van der Waals surface area contributed by atoms with Crippen LogP contribution >= 0.6 is 0 Å². The van der Waals surface area contributed by atoms with Crippen molar-refractivity contribution in [2.75, 3.05) is 0 Å². The minimum atomic E-state index is -0.689. The molecule has 1 aromatic heterocycles. The molecular weight excluding hydrogens is 314 g/mol. The molecule has 24 heavy (non-hydrogen) atoms. The Morgan fingerprint density at radius 3 is 2.58 bits per heavy atom. The molecule has 2 aromatic rings. The first-order valence-corrected chi connectivity index (χ1v) is 7.84. The van der Waals surface area contributed by atoms with Crippen molar-refractivity contribution in [3.8, 4) is 0 Å². The fourth-order valence-corrected chi connectivity index (χ4v) is 3.02. The van der Waals surface area contributed by atoms with Gasteiger partial charge in [-0.15, -0.1) is 0 Å². The molecule has 1 fully saturated rings. The van der Waals surface area contributed by atoms with Gasteiger partial charge in [0.15, 0.2) is 0 Å². The number of carbonyl (C=O) groups excluding carboxylic acids is 1. The van der Waals surface area contributed by atoms with E-state index in [-0.39, 0.29) is 23.8 Å². The summed E-state index contributed by atoms with van der Waals surface area (Å²) in [6.45, 7) is 0. The maximum atomic E-state index is 14.1. The van der Waals surface area contributed by atoms with Crippen molar-refractivity contribution in [2.45, 2.75) is 31.4 Å². The predicted molar refractivity (Wildman–Crippen MR) is 83.9 cm³/mol. The molecule has 1 saturated carbocycles. The summed E-state index contributed by atoms with van der Waals surface area (Å²) in [4.78, 5) is 16.2. The lowest BCUT2D eigenvalue weighted by molar-refractivity contribution is -0.122. The average Bonchev–Trinajstić information content (AvgIpc) is 2.51. The van der Waals surface area contributed by atoms with Gasteiger partial charge in [0.1, 0.15) is 11.6 Å². The van der Waals surface area contributed by atoms with E-state index in [4.69, 9.17) is 0 Å². The fraction of sp³-hybridized carbons (Fsp3) is 0.333. The van der Waals surface area contributed by atoms with E-state index in [0.717, 1.165) is 11.6 Å². The zero-order valence-electron chi connectivity index (χ0n) is 13.0. The summed E-state index contributed by atoms with van der Waals surface area (Å²) in [5.41, 5.74) is 1.05. The van der Waals surface area contributed by atoms with Crippen LogP contribution in [-0.4, -0.2) is 22.1 Å². The number of pyridine rings is 1. The summed E-state index contributed by atoms with van der Waals surface area (Å²) >= 11 is 0. The number of benzene rings is 1. The second kappa shape index (κ2) is 7.05. The van der Waals surface area contributed by atoms with Gasteiger partial charge >= 0.3 is 0 Å². The van der Waals surface area contributed by atoms with Crippen molar-refractivity contribution >= 4 is 5.91 Å². The summed E-state index contributed by atoms with van der Waals surface area (Å²) in [6, 6.07) is 6.23. The molecule has 1 aliphatic carbocycles. The van der Waals surface area contributed by atoms with E-state index in [1.807, 2.05) is 0 Å². The molecule has 1 aliphatic rings. The molecule has 1 aromatic carbocycles. The Hall–Kier alpha value is -2.34. The normalized spacial score (nSPS) is 21.0. The third-order valence-electron chi connectivity index (χ3n) is 4.35. The van der Waals surface area contributed by atoms with Crippen LogP contribution in [0, 0.1) is 17.6 Å². The Labute approximate surface area is 138 Å². The van der Waals surface area contributed by atoms with Gasteiger partial charge in [0.25, 0.3) is 0 Å². The van der Waals surface area contributed by atoms with Gasteiger partial charge in [-0.2, -0.15) is 0 Å². The molecule has 4 nitrogen and oxygen atoms in total. The van der Waals surface area contributed by atoms with Crippen LogP contribution in [0.1, 0.15) is 30.0 Å². The third-order valence-corrected chi connectivity index (χ3v) is 4.35. The summed E-state index contributed by atoms with van der Waals surface area (Å²) in [7, 11) is 0. The van der Waals surface area contributed by atoms with Crippen molar-refractivity contribution in [1.82, 2.24) is 10.3 Å². The van der Waals surface area contributed by atoms with Gasteiger partial charge in [-0.1, -0.05) is 6.07 Å². The van der Waals surface area contributed by atoms with E-state index in [9.17, 15) is 18.7 Å². The minimum absolute atomic E-state index is 0.0682. The number of halogens is 2. The highest BCUT2D eigenvalue weighted by atomic mass is 19.1. The Bertz CT molecular complexity index is 718. The molecule has 2 N–H and O–H groups in total. The molecule has 0 unspecified atom stereocenters. The second-order valence-corrected chi connectivity index (χ2v) is 6.13. The summed E-state index contributed by atoms with van der Waals surface area (Å²) < 4.78 is 27.3. The Morgan fingerprint density at radius 2 is 1.96 bits per heavy atom. The molecular formula is C18H18F2N2O2. The van der Waals surface area contributed by atoms with Gasteiger partial charge in [0.2, 0.25) is 5.91 Å².